The maximum Gasteiger partial charge on any atom is 0.220 e. The lowest BCUT2D eigenvalue weighted by Gasteiger charge is -2.08. The summed E-state index contributed by atoms with van der Waals surface area (Å²) < 4.78 is 0. The van der Waals surface area contributed by atoms with Crippen LogP contribution in [0.3, 0.4) is 0 Å². The molecular formula is C10H11NO3. The van der Waals surface area contributed by atoms with Crippen molar-refractivity contribution >= 4 is 5.91 Å². The van der Waals surface area contributed by atoms with Gasteiger partial charge in [-0.05, 0) is 17.7 Å². The zero-order valence-corrected chi connectivity index (χ0v) is 7.53. The number of carbonyl (C=O) groups is 1. The lowest BCUT2D eigenvalue weighted by atomic mass is 9.98. The van der Waals surface area contributed by atoms with Crippen LogP contribution in [-0.4, -0.2) is 22.7 Å². The third-order valence-corrected chi connectivity index (χ3v) is 2.37. The molecule has 0 radical (unpaired) electrons. The van der Waals surface area contributed by atoms with Gasteiger partial charge in [0.25, 0.3) is 0 Å². The van der Waals surface area contributed by atoms with Crippen molar-refractivity contribution in [3.8, 4) is 11.5 Å². The first kappa shape index (κ1) is 8.87. The number of amides is 1. The molecule has 1 aromatic rings. The minimum absolute atomic E-state index is 0.0119. The first-order chi connectivity index (χ1) is 6.65. The molecule has 0 saturated carbocycles. The van der Waals surface area contributed by atoms with Gasteiger partial charge in [0.15, 0.2) is 0 Å². The van der Waals surface area contributed by atoms with Gasteiger partial charge in [0, 0.05) is 24.9 Å². The molecule has 1 saturated heterocycles. The summed E-state index contributed by atoms with van der Waals surface area (Å²) in [6.45, 7) is 0.571. The summed E-state index contributed by atoms with van der Waals surface area (Å²) in [4.78, 5) is 11.0. The van der Waals surface area contributed by atoms with Gasteiger partial charge >= 0.3 is 0 Å². The van der Waals surface area contributed by atoms with E-state index in [4.69, 9.17) is 0 Å². The highest BCUT2D eigenvalue weighted by atomic mass is 16.3. The van der Waals surface area contributed by atoms with Crippen LogP contribution in [0.2, 0.25) is 0 Å². The summed E-state index contributed by atoms with van der Waals surface area (Å²) in [5, 5.41) is 21.2. The van der Waals surface area contributed by atoms with E-state index in [1.54, 1.807) is 12.1 Å². The molecule has 1 amide bonds. The van der Waals surface area contributed by atoms with Gasteiger partial charge in [-0.1, -0.05) is 0 Å². The molecule has 0 bridgehead atoms. The minimum Gasteiger partial charge on any atom is -0.508 e. The normalized spacial score (nSPS) is 20.9. The van der Waals surface area contributed by atoms with Crippen molar-refractivity contribution in [1.29, 1.82) is 0 Å². The Morgan fingerprint density at radius 1 is 1.21 bits per heavy atom. The highest BCUT2D eigenvalue weighted by molar-refractivity contribution is 5.79. The van der Waals surface area contributed by atoms with E-state index in [1.165, 1.54) is 6.07 Å². The fraction of sp³-hybridized carbons (Fsp3) is 0.300. The smallest absolute Gasteiger partial charge is 0.220 e. The highest BCUT2D eigenvalue weighted by Gasteiger charge is 2.23. The van der Waals surface area contributed by atoms with Crippen molar-refractivity contribution in [3.63, 3.8) is 0 Å². The maximum absolute atomic E-state index is 11.0. The number of nitrogens with one attached hydrogen (secondary N) is 1. The van der Waals surface area contributed by atoms with Crippen LogP contribution in [0.5, 0.6) is 11.5 Å². The molecular weight excluding hydrogens is 182 g/mol. The Kier molecular flexibility index (Phi) is 2.04. The van der Waals surface area contributed by atoms with Gasteiger partial charge in [0.05, 0.1) is 0 Å². The van der Waals surface area contributed by atoms with Crippen molar-refractivity contribution in [2.24, 2.45) is 0 Å². The van der Waals surface area contributed by atoms with Crippen LogP contribution in [0.15, 0.2) is 18.2 Å². The van der Waals surface area contributed by atoms with Gasteiger partial charge in [-0.2, -0.15) is 0 Å². The topological polar surface area (TPSA) is 69.6 Å². The van der Waals surface area contributed by atoms with Crippen LogP contribution < -0.4 is 5.32 Å². The summed E-state index contributed by atoms with van der Waals surface area (Å²) in [6, 6.07) is 4.42. The van der Waals surface area contributed by atoms with Crippen LogP contribution in [0.25, 0.3) is 0 Å². The largest absolute Gasteiger partial charge is 0.508 e. The van der Waals surface area contributed by atoms with Crippen molar-refractivity contribution in [3.05, 3.63) is 23.8 Å². The van der Waals surface area contributed by atoms with E-state index in [9.17, 15) is 15.0 Å². The summed E-state index contributed by atoms with van der Waals surface area (Å²) in [5.74, 6) is 0.122. The molecule has 4 nitrogen and oxygen atoms in total. The number of rotatable bonds is 1. The number of phenolic OH excluding ortho intramolecular Hbond substituents is 2. The zero-order valence-electron chi connectivity index (χ0n) is 7.53. The number of phenols is 2. The van der Waals surface area contributed by atoms with Gasteiger partial charge < -0.3 is 15.5 Å². The molecule has 1 aliphatic rings. The molecule has 0 spiro atoms. The fourth-order valence-electron chi connectivity index (χ4n) is 1.69. The quantitative estimate of drug-likeness (QED) is 0.615. The minimum atomic E-state index is 0.0119. The third kappa shape index (κ3) is 1.64. The van der Waals surface area contributed by atoms with E-state index in [-0.39, 0.29) is 23.3 Å². The number of hydrogen-bond acceptors (Lipinski definition) is 3. The summed E-state index contributed by atoms with van der Waals surface area (Å²) in [6.07, 6.45) is 0.420. The van der Waals surface area contributed by atoms with Crippen molar-refractivity contribution in [1.82, 2.24) is 5.32 Å². The van der Waals surface area contributed by atoms with Crippen molar-refractivity contribution < 1.29 is 15.0 Å². The van der Waals surface area contributed by atoms with Gasteiger partial charge in [0.1, 0.15) is 11.5 Å². The third-order valence-electron chi connectivity index (χ3n) is 2.37. The highest BCUT2D eigenvalue weighted by Crippen LogP contribution is 2.29. The number of carbonyl (C=O) groups excluding carboxylic acids is 1. The Bertz CT molecular complexity index is 355. The van der Waals surface area contributed by atoms with E-state index in [1.807, 2.05) is 0 Å². The van der Waals surface area contributed by atoms with Gasteiger partial charge in [-0.25, -0.2) is 0 Å². The number of benzene rings is 1. The zero-order chi connectivity index (χ0) is 10.1. The standard InChI is InChI=1S/C10H11NO3/c12-8-1-6(2-9(13)4-8)7-3-10(14)11-5-7/h1-2,4,7,12-13H,3,5H2,(H,11,14). The summed E-state index contributed by atoms with van der Waals surface area (Å²) in [5.41, 5.74) is 0.792. The molecule has 1 atom stereocenters. The lowest BCUT2D eigenvalue weighted by Crippen LogP contribution is -2.13. The molecule has 14 heavy (non-hydrogen) atoms. The predicted octanol–water partition coefficient (Wildman–Crippen LogP) is 0.701. The van der Waals surface area contributed by atoms with Gasteiger partial charge in [-0.3, -0.25) is 4.79 Å². The molecule has 3 N–H and O–H groups in total. The number of hydrogen-bond donors (Lipinski definition) is 3. The molecule has 4 heteroatoms. The Balaban J connectivity index is 2.27. The summed E-state index contributed by atoms with van der Waals surface area (Å²) >= 11 is 0. The second kappa shape index (κ2) is 3.21. The Morgan fingerprint density at radius 3 is 2.36 bits per heavy atom. The van der Waals surface area contributed by atoms with E-state index in [2.05, 4.69) is 5.32 Å². The Hall–Kier alpha value is -1.71. The average molecular weight is 193 g/mol. The van der Waals surface area contributed by atoms with Crippen LogP contribution in [-0.2, 0) is 4.79 Å². The molecule has 1 aromatic carbocycles. The Labute approximate surface area is 81.2 Å². The molecule has 1 aliphatic heterocycles. The lowest BCUT2D eigenvalue weighted by molar-refractivity contribution is -0.119. The predicted molar refractivity (Wildman–Crippen MR) is 50.1 cm³/mol. The monoisotopic (exact) mass is 193 g/mol. The number of aromatic hydroxyl groups is 2. The average Bonchev–Trinajstić information content (AvgIpc) is 2.50. The fourth-order valence-corrected chi connectivity index (χ4v) is 1.69. The maximum atomic E-state index is 11.0. The second-order valence-electron chi connectivity index (χ2n) is 3.49. The molecule has 1 heterocycles. The molecule has 0 aromatic heterocycles. The molecule has 0 aliphatic carbocycles. The molecule has 2 rings (SSSR count). The van der Waals surface area contributed by atoms with E-state index in [0.717, 1.165) is 5.56 Å². The van der Waals surface area contributed by atoms with Crippen molar-refractivity contribution in [2.75, 3.05) is 6.54 Å². The van der Waals surface area contributed by atoms with Crippen LogP contribution >= 0.6 is 0 Å². The van der Waals surface area contributed by atoms with Crippen LogP contribution in [0.1, 0.15) is 17.9 Å². The van der Waals surface area contributed by atoms with Crippen molar-refractivity contribution in [2.45, 2.75) is 12.3 Å². The van der Waals surface area contributed by atoms with Crippen LogP contribution in [0, 0.1) is 0 Å². The van der Waals surface area contributed by atoms with E-state index < -0.39 is 0 Å². The van der Waals surface area contributed by atoms with E-state index >= 15 is 0 Å². The first-order valence-electron chi connectivity index (χ1n) is 4.45. The van der Waals surface area contributed by atoms with Gasteiger partial charge in [0.2, 0.25) is 5.91 Å². The second-order valence-corrected chi connectivity index (χ2v) is 3.49. The summed E-state index contributed by atoms with van der Waals surface area (Å²) in [7, 11) is 0. The first-order valence-corrected chi connectivity index (χ1v) is 4.45. The van der Waals surface area contributed by atoms with Crippen LogP contribution in [0.4, 0.5) is 0 Å². The molecule has 1 fully saturated rings. The van der Waals surface area contributed by atoms with E-state index in [0.29, 0.717) is 13.0 Å². The SMILES string of the molecule is O=C1CC(c2cc(O)cc(O)c2)CN1. The molecule has 1 unspecified atom stereocenters. The van der Waals surface area contributed by atoms with Gasteiger partial charge in [-0.15, -0.1) is 0 Å². The Morgan fingerprint density at radius 2 is 1.86 bits per heavy atom. The molecule has 74 valence electrons.